The molecule has 0 N–H and O–H groups in total. The van der Waals surface area contributed by atoms with Crippen LogP contribution in [0.4, 0.5) is 8.78 Å². The fraction of sp³-hybridized carbons (Fsp3) is 0. The van der Waals surface area contributed by atoms with Gasteiger partial charge in [-0.15, -0.1) is 0 Å². The van der Waals surface area contributed by atoms with Gasteiger partial charge in [0.2, 0.25) is 0 Å². The minimum atomic E-state index is -0.283. The lowest BCUT2D eigenvalue weighted by atomic mass is 10.0. The molecule has 2 heterocycles. The van der Waals surface area contributed by atoms with Crippen LogP contribution < -0.4 is 0 Å². The molecule has 0 bridgehead atoms. The summed E-state index contributed by atoms with van der Waals surface area (Å²) < 4.78 is 28.5. The van der Waals surface area contributed by atoms with Gasteiger partial charge in [0.05, 0.1) is 11.0 Å². The van der Waals surface area contributed by atoms with Crippen molar-refractivity contribution >= 4 is 16.4 Å². The first-order valence-corrected chi connectivity index (χ1v) is 6.68. The van der Waals surface area contributed by atoms with E-state index in [0.717, 1.165) is 27.5 Å². The van der Waals surface area contributed by atoms with Crippen molar-refractivity contribution in [2.75, 3.05) is 0 Å². The summed E-state index contributed by atoms with van der Waals surface area (Å²) in [6.07, 6.45) is 1.48. The first-order chi connectivity index (χ1) is 10.2. The second-order valence-corrected chi connectivity index (χ2v) is 5.00. The van der Waals surface area contributed by atoms with Crippen molar-refractivity contribution in [1.29, 1.82) is 0 Å². The number of hydrogen-bond donors (Lipinski definition) is 0. The van der Waals surface area contributed by atoms with Crippen LogP contribution in [-0.4, -0.2) is 4.40 Å². The molecule has 0 aliphatic rings. The van der Waals surface area contributed by atoms with Crippen LogP contribution in [0.25, 0.3) is 27.5 Å². The molecule has 2 aromatic carbocycles. The fourth-order valence-electron chi connectivity index (χ4n) is 2.83. The van der Waals surface area contributed by atoms with E-state index >= 15 is 0 Å². The van der Waals surface area contributed by atoms with Crippen molar-refractivity contribution in [1.82, 2.24) is 4.40 Å². The Hall–Kier alpha value is -2.68. The number of benzene rings is 2. The molecule has 0 atom stereocenters. The summed E-state index contributed by atoms with van der Waals surface area (Å²) in [5.41, 5.74) is 3.75. The highest BCUT2D eigenvalue weighted by Crippen LogP contribution is 2.35. The maximum atomic E-state index is 13.6. The highest BCUT2D eigenvalue weighted by molar-refractivity contribution is 6.05. The number of halogens is 2. The molecule has 0 unspecified atom stereocenters. The minimum Gasteiger partial charge on any atom is -0.313 e. The molecule has 0 aliphatic heterocycles. The van der Waals surface area contributed by atoms with Gasteiger partial charge in [-0.05, 0) is 35.9 Å². The molecular weight excluding hydrogens is 268 g/mol. The second kappa shape index (κ2) is 4.42. The van der Waals surface area contributed by atoms with Crippen molar-refractivity contribution in [2.24, 2.45) is 0 Å². The molecule has 102 valence electrons. The lowest BCUT2D eigenvalue weighted by molar-refractivity contribution is 0.620. The van der Waals surface area contributed by atoms with Crippen LogP contribution in [0.3, 0.4) is 0 Å². The number of para-hydroxylation sites is 1. The third-order valence-electron chi connectivity index (χ3n) is 3.73. The lowest BCUT2D eigenvalue weighted by Gasteiger charge is -2.02. The van der Waals surface area contributed by atoms with Crippen LogP contribution in [0.2, 0.25) is 0 Å². The number of hydrogen-bond acceptors (Lipinski definition) is 0. The van der Waals surface area contributed by atoms with Gasteiger partial charge in [-0.1, -0.05) is 30.3 Å². The van der Waals surface area contributed by atoms with Crippen LogP contribution in [0.5, 0.6) is 0 Å². The maximum absolute atomic E-state index is 13.6. The molecule has 0 aliphatic carbocycles. The Balaban J connectivity index is 2.17. The standard InChI is InChI=1S/C18H11F2N/c19-13-7-5-12(6-8-13)18-15-3-1-2-4-16(15)21-11-14(20)9-10-17(18)21/h1-11H. The van der Waals surface area contributed by atoms with E-state index in [-0.39, 0.29) is 11.6 Å². The smallest absolute Gasteiger partial charge is 0.139 e. The van der Waals surface area contributed by atoms with E-state index in [1.165, 1.54) is 24.4 Å². The van der Waals surface area contributed by atoms with E-state index < -0.39 is 0 Å². The highest BCUT2D eigenvalue weighted by Gasteiger charge is 2.13. The second-order valence-electron chi connectivity index (χ2n) is 5.00. The predicted molar refractivity (Wildman–Crippen MR) is 80.3 cm³/mol. The van der Waals surface area contributed by atoms with Gasteiger partial charge >= 0.3 is 0 Å². The van der Waals surface area contributed by atoms with Crippen molar-refractivity contribution in [3.8, 4) is 11.1 Å². The Kier molecular flexibility index (Phi) is 2.54. The Labute approximate surface area is 120 Å². The van der Waals surface area contributed by atoms with E-state index in [1.54, 1.807) is 18.2 Å². The van der Waals surface area contributed by atoms with Crippen molar-refractivity contribution in [3.63, 3.8) is 0 Å². The quantitative estimate of drug-likeness (QED) is 0.460. The largest absolute Gasteiger partial charge is 0.313 e. The molecule has 2 aromatic heterocycles. The number of rotatable bonds is 1. The topological polar surface area (TPSA) is 4.41 Å². The molecule has 1 nitrogen and oxygen atoms in total. The van der Waals surface area contributed by atoms with Crippen LogP contribution in [0.15, 0.2) is 66.9 Å². The molecule has 0 amide bonds. The average molecular weight is 279 g/mol. The summed E-state index contributed by atoms with van der Waals surface area (Å²) in [5, 5.41) is 1.02. The van der Waals surface area contributed by atoms with E-state index in [1.807, 2.05) is 28.7 Å². The van der Waals surface area contributed by atoms with Gasteiger partial charge in [0.1, 0.15) is 11.6 Å². The van der Waals surface area contributed by atoms with Crippen LogP contribution in [0.1, 0.15) is 0 Å². The zero-order valence-corrected chi connectivity index (χ0v) is 11.1. The molecule has 4 aromatic rings. The Bertz CT molecular complexity index is 952. The highest BCUT2D eigenvalue weighted by atomic mass is 19.1. The fourth-order valence-corrected chi connectivity index (χ4v) is 2.83. The Morgan fingerprint density at radius 1 is 0.667 bits per heavy atom. The van der Waals surface area contributed by atoms with Gasteiger partial charge in [0.15, 0.2) is 0 Å². The summed E-state index contributed by atoms with van der Waals surface area (Å²) in [4.78, 5) is 0. The molecule has 0 spiro atoms. The third kappa shape index (κ3) is 1.82. The number of fused-ring (bicyclic) bond motifs is 3. The summed E-state index contributed by atoms with van der Waals surface area (Å²) in [5.74, 6) is -0.550. The first-order valence-electron chi connectivity index (χ1n) is 6.68. The van der Waals surface area contributed by atoms with Crippen molar-refractivity contribution < 1.29 is 8.78 Å². The molecule has 21 heavy (non-hydrogen) atoms. The van der Waals surface area contributed by atoms with E-state index in [9.17, 15) is 8.78 Å². The molecular formula is C18H11F2N. The van der Waals surface area contributed by atoms with Gasteiger partial charge in [-0.25, -0.2) is 8.78 Å². The average Bonchev–Trinajstić information content (AvgIpc) is 2.82. The number of aromatic nitrogens is 1. The number of nitrogens with zero attached hydrogens (tertiary/aromatic N) is 1. The van der Waals surface area contributed by atoms with Crippen molar-refractivity contribution in [2.45, 2.75) is 0 Å². The third-order valence-corrected chi connectivity index (χ3v) is 3.73. The van der Waals surface area contributed by atoms with Crippen LogP contribution >= 0.6 is 0 Å². The van der Waals surface area contributed by atoms with Crippen LogP contribution in [-0.2, 0) is 0 Å². The predicted octanol–water partition coefficient (Wildman–Crippen LogP) is 5.04. The molecule has 3 heteroatoms. The van der Waals surface area contributed by atoms with Crippen molar-refractivity contribution in [3.05, 3.63) is 78.5 Å². The van der Waals surface area contributed by atoms with E-state index in [2.05, 4.69) is 0 Å². The molecule has 0 fully saturated rings. The molecule has 4 rings (SSSR count). The SMILES string of the molecule is Fc1ccc(-c2c3ccccc3n3cc(F)ccc23)cc1. The maximum Gasteiger partial charge on any atom is 0.139 e. The molecule has 0 radical (unpaired) electrons. The Morgan fingerprint density at radius 3 is 2.19 bits per heavy atom. The van der Waals surface area contributed by atoms with Gasteiger partial charge < -0.3 is 4.40 Å². The van der Waals surface area contributed by atoms with Crippen LogP contribution in [0, 0.1) is 11.6 Å². The zero-order valence-electron chi connectivity index (χ0n) is 11.1. The van der Waals surface area contributed by atoms with Gasteiger partial charge in [-0.2, -0.15) is 0 Å². The van der Waals surface area contributed by atoms with E-state index in [0.29, 0.717) is 0 Å². The minimum absolute atomic E-state index is 0.266. The summed E-state index contributed by atoms with van der Waals surface area (Å²) in [6, 6.07) is 17.4. The van der Waals surface area contributed by atoms with Gasteiger partial charge in [0.25, 0.3) is 0 Å². The monoisotopic (exact) mass is 279 g/mol. The molecule has 0 saturated carbocycles. The summed E-state index contributed by atoms with van der Waals surface area (Å²) in [7, 11) is 0. The zero-order chi connectivity index (χ0) is 14.4. The van der Waals surface area contributed by atoms with E-state index in [4.69, 9.17) is 0 Å². The summed E-state index contributed by atoms with van der Waals surface area (Å²) in [6.45, 7) is 0. The first kappa shape index (κ1) is 12.1. The van der Waals surface area contributed by atoms with Gasteiger partial charge in [0, 0.05) is 17.1 Å². The molecule has 0 saturated heterocycles. The number of pyridine rings is 1. The summed E-state index contributed by atoms with van der Waals surface area (Å²) >= 11 is 0. The Morgan fingerprint density at radius 2 is 1.38 bits per heavy atom. The normalized spacial score (nSPS) is 11.3. The van der Waals surface area contributed by atoms with Gasteiger partial charge in [-0.3, -0.25) is 0 Å². The lowest BCUT2D eigenvalue weighted by Crippen LogP contribution is -1.86.